The van der Waals surface area contributed by atoms with Gasteiger partial charge in [0.15, 0.2) is 0 Å². The monoisotopic (exact) mass is 344 g/mol. The summed E-state index contributed by atoms with van der Waals surface area (Å²) in [6.07, 6.45) is 0.976. The van der Waals surface area contributed by atoms with Gasteiger partial charge in [-0.15, -0.1) is 12.4 Å². The van der Waals surface area contributed by atoms with E-state index < -0.39 is 5.97 Å². The summed E-state index contributed by atoms with van der Waals surface area (Å²) in [5, 5.41) is 11.4. The number of carbonyl (C=O) groups excluding carboxylic acids is 1. The fourth-order valence-corrected chi connectivity index (χ4v) is 1.83. The molecule has 0 saturated heterocycles. The zero-order valence-electron chi connectivity index (χ0n) is 13.6. The van der Waals surface area contributed by atoms with Crippen molar-refractivity contribution in [3.63, 3.8) is 0 Å². The fourth-order valence-electron chi connectivity index (χ4n) is 1.83. The number of amides is 1. The smallest absolute Gasteiger partial charge is 0.304 e. The predicted molar refractivity (Wildman–Crippen MR) is 91.1 cm³/mol. The van der Waals surface area contributed by atoms with Gasteiger partial charge in [-0.2, -0.15) is 0 Å². The van der Waals surface area contributed by atoms with Crippen molar-refractivity contribution in [2.75, 3.05) is 26.7 Å². The van der Waals surface area contributed by atoms with Gasteiger partial charge in [-0.05, 0) is 31.2 Å². The van der Waals surface area contributed by atoms with Crippen molar-refractivity contribution in [1.29, 1.82) is 0 Å². The standard InChI is InChI=1S/C16H24N2O4.ClH/c1-3-9-22-14-6-4-5-13(10-14)11-17-15(19)12-18(2)8-7-16(20)21;/h4-6,10H,3,7-9,11-12H2,1-2H3,(H,17,19)(H,20,21);1H. The van der Waals surface area contributed by atoms with Gasteiger partial charge in [0.25, 0.3) is 0 Å². The third-order valence-corrected chi connectivity index (χ3v) is 2.98. The molecule has 130 valence electrons. The number of aliphatic carboxylic acids is 1. The van der Waals surface area contributed by atoms with Crippen LogP contribution in [0.15, 0.2) is 24.3 Å². The Morgan fingerprint density at radius 2 is 2.09 bits per heavy atom. The number of ether oxygens (including phenoxy) is 1. The molecule has 23 heavy (non-hydrogen) atoms. The first-order valence-corrected chi connectivity index (χ1v) is 7.40. The van der Waals surface area contributed by atoms with Gasteiger partial charge < -0.3 is 15.2 Å². The number of nitrogens with zero attached hydrogens (tertiary/aromatic N) is 1. The van der Waals surface area contributed by atoms with E-state index in [0.717, 1.165) is 17.7 Å². The van der Waals surface area contributed by atoms with E-state index in [2.05, 4.69) is 5.32 Å². The number of rotatable bonds is 10. The number of carboxylic acids is 1. The van der Waals surface area contributed by atoms with E-state index in [4.69, 9.17) is 9.84 Å². The molecule has 0 spiro atoms. The van der Waals surface area contributed by atoms with E-state index in [0.29, 0.717) is 19.7 Å². The second kappa shape index (κ2) is 11.7. The Hall–Kier alpha value is -1.79. The summed E-state index contributed by atoms with van der Waals surface area (Å²) >= 11 is 0. The SMILES string of the molecule is CCCOc1cccc(CNC(=O)CN(C)CCC(=O)O)c1.Cl. The van der Waals surface area contributed by atoms with Crippen LogP contribution in [0.5, 0.6) is 5.75 Å². The minimum Gasteiger partial charge on any atom is -0.494 e. The summed E-state index contributed by atoms with van der Waals surface area (Å²) in [6, 6.07) is 7.61. The summed E-state index contributed by atoms with van der Waals surface area (Å²) in [5.74, 6) is -0.198. The Bertz CT molecular complexity index is 497. The number of carboxylic acid groups (broad SMARTS) is 1. The third kappa shape index (κ3) is 9.76. The Morgan fingerprint density at radius 1 is 1.35 bits per heavy atom. The molecule has 0 aliphatic rings. The molecular weight excluding hydrogens is 320 g/mol. The van der Waals surface area contributed by atoms with Crippen LogP contribution in [0.4, 0.5) is 0 Å². The topological polar surface area (TPSA) is 78.9 Å². The van der Waals surface area contributed by atoms with Crippen LogP contribution in [-0.4, -0.2) is 48.6 Å². The molecule has 0 bridgehead atoms. The van der Waals surface area contributed by atoms with E-state index >= 15 is 0 Å². The van der Waals surface area contributed by atoms with Crippen molar-refractivity contribution in [3.05, 3.63) is 29.8 Å². The Labute approximate surface area is 143 Å². The Balaban J connectivity index is 0.00000484. The third-order valence-electron chi connectivity index (χ3n) is 2.98. The van der Waals surface area contributed by atoms with Gasteiger partial charge in [0.05, 0.1) is 19.6 Å². The highest BCUT2D eigenvalue weighted by Gasteiger charge is 2.08. The van der Waals surface area contributed by atoms with Gasteiger partial charge in [0, 0.05) is 13.1 Å². The van der Waals surface area contributed by atoms with Gasteiger partial charge in [-0.3, -0.25) is 14.5 Å². The zero-order valence-corrected chi connectivity index (χ0v) is 14.4. The largest absolute Gasteiger partial charge is 0.494 e. The number of halogens is 1. The highest BCUT2D eigenvalue weighted by Crippen LogP contribution is 2.13. The summed E-state index contributed by atoms with van der Waals surface area (Å²) in [4.78, 5) is 23.9. The highest BCUT2D eigenvalue weighted by atomic mass is 35.5. The maximum Gasteiger partial charge on any atom is 0.304 e. The van der Waals surface area contributed by atoms with Crippen LogP contribution >= 0.6 is 12.4 Å². The van der Waals surface area contributed by atoms with Gasteiger partial charge in [0.1, 0.15) is 5.75 Å². The summed E-state index contributed by atoms with van der Waals surface area (Å²) in [5.41, 5.74) is 0.968. The van der Waals surface area contributed by atoms with E-state index in [1.54, 1.807) is 11.9 Å². The maximum atomic E-state index is 11.8. The molecule has 0 fully saturated rings. The van der Waals surface area contributed by atoms with Crippen LogP contribution in [0.2, 0.25) is 0 Å². The lowest BCUT2D eigenvalue weighted by Gasteiger charge is -2.15. The minimum absolute atomic E-state index is 0. The number of nitrogens with one attached hydrogen (secondary N) is 1. The molecule has 1 aromatic rings. The van der Waals surface area contributed by atoms with E-state index in [-0.39, 0.29) is 31.3 Å². The molecule has 1 aromatic carbocycles. The summed E-state index contributed by atoms with van der Waals surface area (Å²) < 4.78 is 5.55. The fraction of sp³-hybridized carbons (Fsp3) is 0.500. The molecule has 0 aliphatic heterocycles. The van der Waals surface area contributed by atoms with Crippen molar-refractivity contribution in [2.45, 2.75) is 26.3 Å². The Morgan fingerprint density at radius 3 is 2.74 bits per heavy atom. The van der Waals surface area contributed by atoms with Gasteiger partial charge in [-0.1, -0.05) is 19.1 Å². The first-order valence-electron chi connectivity index (χ1n) is 7.40. The predicted octanol–water partition coefficient (Wildman–Crippen LogP) is 1.92. The van der Waals surface area contributed by atoms with Crippen molar-refractivity contribution in [2.24, 2.45) is 0 Å². The number of likely N-dealkylation sites (N-methyl/N-ethyl adjacent to an activating group) is 1. The van der Waals surface area contributed by atoms with Crippen LogP contribution in [0, 0.1) is 0 Å². The molecule has 0 aliphatic carbocycles. The van der Waals surface area contributed by atoms with Crippen LogP contribution in [-0.2, 0) is 16.1 Å². The highest BCUT2D eigenvalue weighted by molar-refractivity contribution is 5.85. The minimum atomic E-state index is -0.865. The van der Waals surface area contributed by atoms with Crippen molar-refractivity contribution >= 4 is 24.3 Å². The summed E-state index contributed by atoms with van der Waals surface area (Å²) in [6.45, 7) is 3.67. The lowest BCUT2D eigenvalue weighted by molar-refractivity contribution is -0.137. The van der Waals surface area contributed by atoms with Gasteiger partial charge in [0.2, 0.25) is 5.91 Å². The van der Waals surface area contributed by atoms with Crippen LogP contribution < -0.4 is 10.1 Å². The molecule has 0 saturated carbocycles. The molecule has 0 aromatic heterocycles. The van der Waals surface area contributed by atoms with Crippen molar-refractivity contribution in [1.82, 2.24) is 10.2 Å². The van der Waals surface area contributed by atoms with E-state index in [9.17, 15) is 9.59 Å². The maximum absolute atomic E-state index is 11.8. The quantitative estimate of drug-likeness (QED) is 0.678. The molecule has 0 unspecified atom stereocenters. The van der Waals surface area contributed by atoms with Crippen molar-refractivity contribution < 1.29 is 19.4 Å². The molecule has 1 amide bonds. The second-order valence-corrected chi connectivity index (χ2v) is 5.15. The average molecular weight is 345 g/mol. The Kier molecular flexibility index (Phi) is 10.8. The van der Waals surface area contributed by atoms with Gasteiger partial charge >= 0.3 is 5.97 Å². The average Bonchev–Trinajstić information content (AvgIpc) is 2.49. The molecule has 1 rings (SSSR count). The lowest BCUT2D eigenvalue weighted by Crippen LogP contribution is -2.35. The normalized spacial score (nSPS) is 10.0. The zero-order chi connectivity index (χ0) is 16.4. The van der Waals surface area contributed by atoms with Crippen molar-refractivity contribution in [3.8, 4) is 5.75 Å². The second-order valence-electron chi connectivity index (χ2n) is 5.15. The van der Waals surface area contributed by atoms with Crippen LogP contribution in [0.3, 0.4) is 0 Å². The lowest BCUT2D eigenvalue weighted by atomic mass is 10.2. The first-order chi connectivity index (χ1) is 10.5. The van der Waals surface area contributed by atoms with E-state index in [1.807, 2.05) is 31.2 Å². The molecule has 0 radical (unpaired) electrons. The molecule has 6 nitrogen and oxygen atoms in total. The number of hydrogen-bond donors (Lipinski definition) is 2. The first kappa shape index (κ1) is 21.2. The van der Waals surface area contributed by atoms with E-state index in [1.165, 1.54) is 0 Å². The molecule has 0 heterocycles. The number of hydrogen-bond acceptors (Lipinski definition) is 4. The molecule has 0 atom stereocenters. The molecule has 2 N–H and O–H groups in total. The van der Waals surface area contributed by atoms with Crippen LogP contribution in [0.1, 0.15) is 25.3 Å². The molecular formula is C16H25ClN2O4. The van der Waals surface area contributed by atoms with Gasteiger partial charge in [-0.25, -0.2) is 0 Å². The summed E-state index contributed by atoms with van der Waals surface area (Å²) in [7, 11) is 1.72. The molecule has 7 heteroatoms. The number of carbonyl (C=O) groups is 2. The van der Waals surface area contributed by atoms with Crippen LogP contribution in [0.25, 0.3) is 0 Å². The number of benzene rings is 1.